The summed E-state index contributed by atoms with van der Waals surface area (Å²) in [7, 11) is 1.49. The van der Waals surface area contributed by atoms with Gasteiger partial charge >= 0.3 is 0 Å². The SMILES string of the molecule is CCCCCCOc1c(OC)c(=O)[nH]c2cc(OCCCC)ccc12. The molecule has 25 heavy (non-hydrogen) atoms. The molecule has 0 saturated heterocycles. The van der Waals surface area contributed by atoms with E-state index in [9.17, 15) is 4.79 Å². The first-order valence-electron chi connectivity index (χ1n) is 9.20. The summed E-state index contributed by atoms with van der Waals surface area (Å²) in [6.07, 6.45) is 6.53. The fourth-order valence-electron chi connectivity index (χ4n) is 2.69. The van der Waals surface area contributed by atoms with Crippen molar-refractivity contribution in [3.05, 3.63) is 28.6 Å². The summed E-state index contributed by atoms with van der Waals surface area (Å²) < 4.78 is 16.9. The van der Waals surface area contributed by atoms with Gasteiger partial charge in [-0.2, -0.15) is 0 Å². The van der Waals surface area contributed by atoms with Crippen LogP contribution < -0.4 is 19.8 Å². The molecule has 1 N–H and O–H groups in total. The highest BCUT2D eigenvalue weighted by molar-refractivity contribution is 5.88. The standard InChI is InChI=1S/C20H29NO4/c1-4-6-8-9-13-25-18-16-11-10-15(24-12-7-5-2)14-17(16)21-20(22)19(18)23-3/h10-11,14H,4-9,12-13H2,1-3H3,(H,21,22). The van der Waals surface area contributed by atoms with Crippen molar-refractivity contribution in [1.29, 1.82) is 0 Å². The lowest BCUT2D eigenvalue weighted by Gasteiger charge is -2.14. The van der Waals surface area contributed by atoms with E-state index in [0.29, 0.717) is 24.5 Å². The molecule has 0 spiro atoms. The van der Waals surface area contributed by atoms with Gasteiger partial charge in [0.05, 0.1) is 25.8 Å². The van der Waals surface area contributed by atoms with E-state index in [0.717, 1.165) is 36.8 Å². The Labute approximate surface area is 149 Å². The van der Waals surface area contributed by atoms with Crippen LogP contribution in [0.5, 0.6) is 17.2 Å². The third-order valence-corrected chi connectivity index (χ3v) is 4.11. The molecular formula is C20H29NO4. The number of hydrogen-bond acceptors (Lipinski definition) is 4. The second kappa shape index (κ2) is 9.97. The minimum Gasteiger partial charge on any atom is -0.494 e. The van der Waals surface area contributed by atoms with Gasteiger partial charge in [-0.1, -0.05) is 39.5 Å². The Kier molecular flexibility index (Phi) is 7.64. The molecule has 2 rings (SSSR count). The summed E-state index contributed by atoms with van der Waals surface area (Å²) in [5.74, 6) is 1.48. The van der Waals surface area contributed by atoms with E-state index in [4.69, 9.17) is 14.2 Å². The highest BCUT2D eigenvalue weighted by atomic mass is 16.5. The number of hydrogen-bond donors (Lipinski definition) is 1. The Morgan fingerprint density at radius 3 is 2.40 bits per heavy atom. The minimum atomic E-state index is -0.288. The smallest absolute Gasteiger partial charge is 0.294 e. The van der Waals surface area contributed by atoms with Gasteiger partial charge in [-0.15, -0.1) is 0 Å². The lowest BCUT2D eigenvalue weighted by atomic mass is 10.2. The van der Waals surface area contributed by atoms with E-state index >= 15 is 0 Å². The van der Waals surface area contributed by atoms with Crippen LogP contribution in [-0.4, -0.2) is 25.3 Å². The zero-order valence-corrected chi connectivity index (χ0v) is 15.5. The Bertz CT molecular complexity index is 723. The van der Waals surface area contributed by atoms with Gasteiger partial charge in [0.1, 0.15) is 5.75 Å². The average Bonchev–Trinajstić information content (AvgIpc) is 2.61. The molecule has 2 aromatic rings. The highest BCUT2D eigenvalue weighted by Gasteiger charge is 2.15. The van der Waals surface area contributed by atoms with Crippen LogP contribution in [0.25, 0.3) is 10.9 Å². The molecule has 1 heterocycles. The van der Waals surface area contributed by atoms with E-state index in [1.54, 1.807) is 0 Å². The van der Waals surface area contributed by atoms with Gasteiger partial charge in [0.2, 0.25) is 5.75 Å². The molecule has 0 saturated carbocycles. The number of benzene rings is 1. The summed E-state index contributed by atoms with van der Waals surface area (Å²) in [4.78, 5) is 15.1. The van der Waals surface area contributed by atoms with Crippen LogP contribution in [0.2, 0.25) is 0 Å². The molecule has 1 aromatic carbocycles. The van der Waals surface area contributed by atoms with Crippen molar-refractivity contribution in [3.8, 4) is 17.2 Å². The molecule has 0 fully saturated rings. The van der Waals surface area contributed by atoms with Crippen LogP contribution in [0, 0.1) is 0 Å². The van der Waals surface area contributed by atoms with Crippen molar-refractivity contribution in [1.82, 2.24) is 4.98 Å². The molecule has 0 aliphatic heterocycles. The average molecular weight is 347 g/mol. The largest absolute Gasteiger partial charge is 0.494 e. The molecule has 0 amide bonds. The Morgan fingerprint density at radius 2 is 1.68 bits per heavy atom. The van der Waals surface area contributed by atoms with Crippen molar-refractivity contribution < 1.29 is 14.2 Å². The van der Waals surface area contributed by atoms with Crippen molar-refractivity contribution in [3.63, 3.8) is 0 Å². The normalized spacial score (nSPS) is 10.8. The molecule has 0 unspecified atom stereocenters. The monoisotopic (exact) mass is 347 g/mol. The molecule has 138 valence electrons. The third kappa shape index (κ3) is 5.15. The number of aromatic amines is 1. The van der Waals surface area contributed by atoms with Gasteiger partial charge in [-0.3, -0.25) is 4.79 Å². The Balaban J connectivity index is 2.25. The molecule has 0 atom stereocenters. The molecule has 0 aliphatic rings. The quantitative estimate of drug-likeness (QED) is 0.600. The number of H-pyrrole nitrogens is 1. The number of pyridine rings is 1. The number of ether oxygens (including phenoxy) is 3. The summed E-state index contributed by atoms with van der Waals surface area (Å²) in [6.45, 7) is 5.54. The molecule has 0 aliphatic carbocycles. The molecule has 0 radical (unpaired) electrons. The van der Waals surface area contributed by atoms with Gasteiger partial charge in [-0.05, 0) is 25.0 Å². The summed E-state index contributed by atoms with van der Waals surface area (Å²) in [5.41, 5.74) is 0.410. The van der Waals surface area contributed by atoms with Gasteiger partial charge < -0.3 is 19.2 Å². The molecule has 5 heteroatoms. The lowest BCUT2D eigenvalue weighted by molar-refractivity contribution is 0.286. The summed E-state index contributed by atoms with van der Waals surface area (Å²) in [6, 6.07) is 5.66. The molecule has 1 aromatic heterocycles. The minimum absolute atomic E-state index is 0.225. The number of aromatic nitrogens is 1. The molecular weight excluding hydrogens is 318 g/mol. The van der Waals surface area contributed by atoms with E-state index in [2.05, 4.69) is 18.8 Å². The van der Waals surface area contributed by atoms with E-state index in [1.165, 1.54) is 20.0 Å². The maximum Gasteiger partial charge on any atom is 0.294 e. The predicted molar refractivity (Wildman–Crippen MR) is 101 cm³/mol. The van der Waals surface area contributed by atoms with Gasteiger partial charge in [-0.25, -0.2) is 0 Å². The second-order valence-electron chi connectivity index (χ2n) is 6.14. The first kappa shape index (κ1) is 19.2. The van der Waals surface area contributed by atoms with Crippen molar-refractivity contribution >= 4 is 10.9 Å². The number of fused-ring (bicyclic) bond motifs is 1. The zero-order valence-electron chi connectivity index (χ0n) is 15.5. The van der Waals surface area contributed by atoms with Crippen LogP contribution in [0.3, 0.4) is 0 Å². The van der Waals surface area contributed by atoms with Gasteiger partial charge in [0.15, 0.2) is 5.75 Å². The summed E-state index contributed by atoms with van der Waals surface area (Å²) >= 11 is 0. The number of unbranched alkanes of at least 4 members (excludes halogenated alkanes) is 4. The van der Waals surface area contributed by atoms with Crippen LogP contribution in [0.15, 0.2) is 23.0 Å². The number of rotatable bonds is 11. The van der Waals surface area contributed by atoms with E-state index in [1.807, 2.05) is 18.2 Å². The number of nitrogens with one attached hydrogen (secondary N) is 1. The van der Waals surface area contributed by atoms with E-state index < -0.39 is 0 Å². The van der Waals surface area contributed by atoms with Crippen molar-refractivity contribution in [2.24, 2.45) is 0 Å². The van der Waals surface area contributed by atoms with Crippen molar-refractivity contribution in [2.75, 3.05) is 20.3 Å². The van der Waals surface area contributed by atoms with Crippen LogP contribution in [-0.2, 0) is 0 Å². The van der Waals surface area contributed by atoms with Crippen LogP contribution >= 0.6 is 0 Å². The van der Waals surface area contributed by atoms with Crippen molar-refractivity contribution in [2.45, 2.75) is 52.4 Å². The lowest BCUT2D eigenvalue weighted by Crippen LogP contribution is -2.12. The third-order valence-electron chi connectivity index (χ3n) is 4.11. The highest BCUT2D eigenvalue weighted by Crippen LogP contribution is 2.33. The number of methoxy groups -OCH3 is 1. The van der Waals surface area contributed by atoms with Crippen LogP contribution in [0.1, 0.15) is 52.4 Å². The van der Waals surface area contributed by atoms with Gasteiger partial charge in [0, 0.05) is 11.5 Å². The fourth-order valence-corrected chi connectivity index (χ4v) is 2.69. The fraction of sp³-hybridized carbons (Fsp3) is 0.550. The first-order chi connectivity index (χ1) is 12.2. The summed E-state index contributed by atoms with van der Waals surface area (Å²) in [5, 5.41) is 0.829. The molecule has 0 bridgehead atoms. The predicted octanol–water partition coefficient (Wildman–Crippen LogP) is 4.67. The maximum atomic E-state index is 12.3. The first-order valence-corrected chi connectivity index (χ1v) is 9.20. The second-order valence-corrected chi connectivity index (χ2v) is 6.14. The molecule has 5 nitrogen and oxygen atoms in total. The zero-order chi connectivity index (χ0) is 18.1. The Morgan fingerprint density at radius 1 is 0.920 bits per heavy atom. The maximum absolute atomic E-state index is 12.3. The topological polar surface area (TPSA) is 60.5 Å². The van der Waals surface area contributed by atoms with Crippen LogP contribution in [0.4, 0.5) is 0 Å². The van der Waals surface area contributed by atoms with Gasteiger partial charge in [0.25, 0.3) is 5.56 Å². The van der Waals surface area contributed by atoms with E-state index in [-0.39, 0.29) is 11.3 Å². The Hall–Kier alpha value is -2.17.